The number of piperidine rings is 1. The van der Waals surface area contributed by atoms with Gasteiger partial charge in [0.1, 0.15) is 0 Å². The molecule has 1 fully saturated rings. The lowest BCUT2D eigenvalue weighted by molar-refractivity contribution is -0.420. The molecule has 0 amide bonds. The molecule has 0 spiro atoms. The number of allylic oxidation sites excluding steroid dienone is 3. The van der Waals surface area contributed by atoms with Gasteiger partial charge in [-0.2, -0.15) is 0 Å². The van der Waals surface area contributed by atoms with E-state index in [4.69, 9.17) is 0 Å². The summed E-state index contributed by atoms with van der Waals surface area (Å²) in [7, 11) is 0. The summed E-state index contributed by atoms with van der Waals surface area (Å²) in [4.78, 5) is 12.8. The first kappa shape index (κ1) is 11.7. The van der Waals surface area contributed by atoms with Gasteiger partial charge in [-0.1, -0.05) is 12.2 Å². The van der Waals surface area contributed by atoms with Gasteiger partial charge in [-0.05, 0) is 38.0 Å². The summed E-state index contributed by atoms with van der Waals surface area (Å²) in [5, 5.41) is 11.0. The van der Waals surface area contributed by atoms with Crippen molar-refractivity contribution in [1.82, 2.24) is 4.90 Å². The minimum atomic E-state index is -0.358. The largest absolute Gasteiger partial charge is 0.365 e. The molecule has 1 aliphatic heterocycles. The maximum Gasteiger partial charge on any atom is 0.316 e. The molecule has 4 nitrogen and oxygen atoms in total. The summed E-state index contributed by atoms with van der Waals surface area (Å²) in [6.07, 6.45) is 9.09. The van der Waals surface area contributed by atoms with Crippen molar-refractivity contribution in [2.45, 2.75) is 26.2 Å². The van der Waals surface area contributed by atoms with Gasteiger partial charge in [-0.3, -0.25) is 10.1 Å². The Labute approximate surface area is 101 Å². The predicted molar refractivity (Wildman–Crippen MR) is 65.9 cm³/mol. The molecule has 0 bridgehead atoms. The molecule has 0 atom stereocenters. The first-order valence-electron chi connectivity index (χ1n) is 5.94. The molecule has 17 heavy (non-hydrogen) atoms. The average molecular weight is 232 g/mol. The quantitative estimate of drug-likeness (QED) is 0.417. The maximum absolute atomic E-state index is 11.0. The van der Waals surface area contributed by atoms with E-state index in [0.29, 0.717) is 5.57 Å². The molecule has 4 heteroatoms. The van der Waals surface area contributed by atoms with Gasteiger partial charge in [-0.25, -0.2) is 0 Å². The molecule has 0 unspecified atom stereocenters. The van der Waals surface area contributed by atoms with Crippen LogP contribution in [0.4, 0.5) is 0 Å². The molecule has 2 aliphatic rings. The molecule has 1 saturated heterocycles. The summed E-state index contributed by atoms with van der Waals surface area (Å²) in [5.74, 6) is 0. The summed E-state index contributed by atoms with van der Waals surface area (Å²) in [6, 6.07) is 0. The van der Waals surface area contributed by atoms with Crippen molar-refractivity contribution >= 4 is 0 Å². The Balaban J connectivity index is 2.37. The topological polar surface area (TPSA) is 46.4 Å². The Kier molecular flexibility index (Phi) is 3.45. The fourth-order valence-corrected chi connectivity index (χ4v) is 2.13. The Morgan fingerprint density at radius 3 is 2.71 bits per heavy atom. The molecule has 0 aromatic carbocycles. The highest BCUT2D eigenvalue weighted by molar-refractivity contribution is 5.35. The van der Waals surface area contributed by atoms with E-state index in [0.717, 1.165) is 31.6 Å². The Bertz CT molecular complexity index is 448. The van der Waals surface area contributed by atoms with Crippen molar-refractivity contribution < 1.29 is 4.92 Å². The van der Waals surface area contributed by atoms with Gasteiger partial charge >= 0.3 is 5.70 Å². The van der Waals surface area contributed by atoms with E-state index in [2.05, 4.69) is 10.6 Å². The molecule has 0 radical (unpaired) electrons. The summed E-state index contributed by atoms with van der Waals surface area (Å²) in [5.41, 5.74) is 4.51. The molecular weight excluding hydrogens is 216 g/mol. The standard InChI is InChI=1S/C13H16N2O2/c1-11-6-5-7-12(10-13(11)15(16)17)14-8-3-2-4-9-14/h5-7H,2-4,8-9H2,1H3. The van der Waals surface area contributed by atoms with Gasteiger partial charge in [0.05, 0.1) is 10.6 Å². The van der Waals surface area contributed by atoms with E-state index in [-0.39, 0.29) is 10.6 Å². The monoisotopic (exact) mass is 232 g/mol. The molecule has 1 heterocycles. The van der Waals surface area contributed by atoms with E-state index in [9.17, 15) is 10.1 Å². The van der Waals surface area contributed by atoms with Crippen molar-refractivity contribution in [2.75, 3.05) is 13.1 Å². The number of nitro groups is 1. The van der Waals surface area contributed by atoms with Crippen LogP contribution in [0.5, 0.6) is 0 Å². The molecule has 2 rings (SSSR count). The van der Waals surface area contributed by atoms with E-state index in [1.54, 1.807) is 13.0 Å². The van der Waals surface area contributed by atoms with Gasteiger partial charge in [0.15, 0.2) is 0 Å². The second kappa shape index (κ2) is 5.02. The van der Waals surface area contributed by atoms with Crippen molar-refractivity contribution in [3.05, 3.63) is 51.0 Å². The summed E-state index contributed by atoms with van der Waals surface area (Å²) >= 11 is 0. The number of hydrogen-bond donors (Lipinski definition) is 0. The van der Waals surface area contributed by atoms with Crippen molar-refractivity contribution in [3.63, 3.8) is 0 Å². The van der Waals surface area contributed by atoms with Crippen LogP contribution >= 0.6 is 0 Å². The van der Waals surface area contributed by atoms with Crippen molar-refractivity contribution in [1.29, 1.82) is 0 Å². The SMILES string of the molecule is CC1=CC=CC(N2CCCCC2)=C=C1[N+](=O)[O-]. The molecule has 1 aliphatic carbocycles. The zero-order chi connectivity index (χ0) is 12.3. The number of likely N-dealkylation sites (tertiary alicyclic amines) is 1. The normalized spacial score (nSPS) is 20.3. The number of hydrogen-bond acceptors (Lipinski definition) is 3. The number of nitrogens with zero attached hydrogens (tertiary/aromatic N) is 2. The first-order chi connectivity index (χ1) is 8.18. The zero-order valence-corrected chi connectivity index (χ0v) is 9.98. The van der Waals surface area contributed by atoms with Crippen LogP contribution in [0.2, 0.25) is 0 Å². The maximum atomic E-state index is 11.0. The minimum Gasteiger partial charge on any atom is -0.365 e. The van der Waals surface area contributed by atoms with Crippen LogP contribution in [-0.2, 0) is 0 Å². The van der Waals surface area contributed by atoms with Crippen molar-refractivity contribution in [3.8, 4) is 0 Å². The van der Waals surface area contributed by atoms with Crippen LogP contribution in [0.1, 0.15) is 26.2 Å². The van der Waals surface area contributed by atoms with Gasteiger partial charge < -0.3 is 4.90 Å². The average Bonchev–Trinajstić information content (AvgIpc) is 2.52. The Morgan fingerprint density at radius 2 is 2.06 bits per heavy atom. The van der Waals surface area contributed by atoms with Gasteiger partial charge in [0, 0.05) is 18.7 Å². The zero-order valence-electron chi connectivity index (χ0n) is 9.98. The summed E-state index contributed by atoms with van der Waals surface area (Å²) < 4.78 is 0. The highest BCUT2D eigenvalue weighted by Gasteiger charge is 2.17. The molecule has 0 aromatic rings. The van der Waals surface area contributed by atoms with Crippen LogP contribution < -0.4 is 0 Å². The Hall–Kier alpha value is -1.80. The van der Waals surface area contributed by atoms with E-state index >= 15 is 0 Å². The fourth-order valence-electron chi connectivity index (χ4n) is 2.13. The van der Waals surface area contributed by atoms with Gasteiger partial charge in [0.25, 0.3) is 0 Å². The highest BCUT2D eigenvalue weighted by Crippen LogP contribution is 2.19. The third-order valence-electron chi connectivity index (χ3n) is 3.10. The highest BCUT2D eigenvalue weighted by atomic mass is 16.6. The third-order valence-corrected chi connectivity index (χ3v) is 3.10. The molecule has 0 N–H and O–H groups in total. The second-order valence-electron chi connectivity index (χ2n) is 4.37. The predicted octanol–water partition coefficient (Wildman–Crippen LogP) is 2.63. The van der Waals surface area contributed by atoms with E-state index in [1.165, 1.54) is 6.42 Å². The first-order valence-corrected chi connectivity index (χ1v) is 5.94. The van der Waals surface area contributed by atoms with E-state index < -0.39 is 0 Å². The van der Waals surface area contributed by atoms with Crippen LogP contribution in [-0.4, -0.2) is 22.9 Å². The molecule has 90 valence electrons. The number of rotatable bonds is 2. The van der Waals surface area contributed by atoms with Crippen LogP contribution in [0.15, 0.2) is 40.9 Å². The van der Waals surface area contributed by atoms with E-state index in [1.807, 2.05) is 12.2 Å². The smallest absolute Gasteiger partial charge is 0.316 e. The van der Waals surface area contributed by atoms with Gasteiger partial charge in [-0.15, -0.1) is 0 Å². The third kappa shape index (κ3) is 2.66. The molecule has 0 aromatic heterocycles. The molecular formula is C13H16N2O2. The minimum absolute atomic E-state index is 0.0792. The summed E-state index contributed by atoms with van der Waals surface area (Å²) in [6.45, 7) is 3.68. The lowest BCUT2D eigenvalue weighted by Gasteiger charge is -2.28. The van der Waals surface area contributed by atoms with Crippen molar-refractivity contribution in [2.24, 2.45) is 0 Å². The van der Waals surface area contributed by atoms with Gasteiger partial charge in [0.2, 0.25) is 0 Å². The van der Waals surface area contributed by atoms with Crippen LogP contribution in [0.25, 0.3) is 0 Å². The lowest BCUT2D eigenvalue weighted by Crippen LogP contribution is -2.28. The van der Waals surface area contributed by atoms with Crippen LogP contribution in [0.3, 0.4) is 0 Å². The molecule has 0 saturated carbocycles. The Morgan fingerprint density at radius 1 is 1.35 bits per heavy atom. The lowest BCUT2D eigenvalue weighted by atomic mass is 10.1. The van der Waals surface area contributed by atoms with Crippen LogP contribution in [0, 0.1) is 10.1 Å². The fraction of sp³-hybridized carbons (Fsp3) is 0.462. The second-order valence-corrected chi connectivity index (χ2v) is 4.37.